The minimum atomic E-state index is -0.181. The van der Waals surface area contributed by atoms with Crippen LogP contribution in [-0.4, -0.2) is 24.9 Å². The van der Waals surface area contributed by atoms with Crippen molar-refractivity contribution in [1.29, 1.82) is 0 Å². The molecular formula is C15H17BrN2O2. The van der Waals surface area contributed by atoms with E-state index in [2.05, 4.69) is 26.6 Å². The van der Waals surface area contributed by atoms with E-state index < -0.39 is 0 Å². The Kier molecular flexibility index (Phi) is 7.35. The third-order valence-corrected chi connectivity index (χ3v) is 2.84. The molecule has 0 aliphatic heterocycles. The number of hydrogen-bond acceptors (Lipinski definition) is 2. The van der Waals surface area contributed by atoms with Gasteiger partial charge in [-0.15, -0.1) is 0 Å². The van der Waals surface area contributed by atoms with Crippen LogP contribution in [0.2, 0.25) is 0 Å². The van der Waals surface area contributed by atoms with Gasteiger partial charge >= 0.3 is 0 Å². The lowest BCUT2D eigenvalue weighted by Crippen LogP contribution is -2.33. The average Bonchev–Trinajstić information content (AvgIpc) is 2.43. The summed E-state index contributed by atoms with van der Waals surface area (Å²) in [6.45, 7) is 2.65. The molecule has 0 radical (unpaired) electrons. The molecule has 0 unspecified atom stereocenters. The first-order valence-electron chi connectivity index (χ1n) is 6.24. The molecule has 0 aliphatic carbocycles. The van der Waals surface area contributed by atoms with Gasteiger partial charge in [0.15, 0.2) is 0 Å². The molecule has 0 heterocycles. The van der Waals surface area contributed by atoms with E-state index >= 15 is 0 Å². The van der Waals surface area contributed by atoms with Crippen LogP contribution in [0.4, 0.5) is 0 Å². The van der Waals surface area contributed by atoms with Crippen LogP contribution in [0.15, 0.2) is 53.0 Å². The van der Waals surface area contributed by atoms with Gasteiger partial charge < -0.3 is 10.6 Å². The number of hydrogen-bond donors (Lipinski definition) is 2. The van der Waals surface area contributed by atoms with E-state index in [1.807, 2.05) is 19.1 Å². The third-order valence-electron chi connectivity index (χ3n) is 2.35. The maximum Gasteiger partial charge on any atom is 0.251 e. The Balaban J connectivity index is 2.27. The van der Waals surface area contributed by atoms with E-state index in [1.165, 1.54) is 6.08 Å². The van der Waals surface area contributed by atoms with Crippen molar-refractivity contribution < 1.29 is 9.59 Å². The molecule has 0 saturated heterocycles. The SMILES string of the molecule is CC=CC=CC(=O)NCCNC(=O)c1cccc(Br)c1. The first-order valence-corrected chi connectivity index (χ1v) is 7.03. The van der Waals surface area contributed by atoms with E-state index in [1.54, 1.807) is 30.4 Å². The molecule has 20 heavy (non-hydrogen) atoms. The molecule has 0 saturated carbocycles. The largest absolute Gasteiger partial charge is 0.351 e. The second-order valence-electron chi connectivity index (χ2n) is 3.94. The number of allylic oxidation sites excluding steroid dienone is 3. The molecule has 0 spiro atoms. The van der Waals surface area contributed by atoms with Gasteiger partial charge in [0.2, 0.25) is 5.91 Å². The van der Waals surface area contributed by atoms with Gasteiger partial charge in [-0.2, -0.15) is 0 Å². The van der Waals surface area contributed by atoms with Crippen molar-refractivity contribution in [2.45, 2.75) is 6.92 Å². The Labute approximate surface area is 127 Å². The summed E-state index contributed by atoms with van der Waals surface area (Å²) in [5.74, 6) is -0.343. The summed E-state index contributed by atoms with van der Waals surface area (Å²) >= 11 is 3.31. The fourth-order valence-corrected chi connectivity index (χ4v) is 1.81. The Morgan fingerprint density at radius 1 is 1.20 bits per heavy atom. The maximum atomic E-state index is 11.8. The highest BCUT2D eigenvalue weighted by Gasteiger charge is 2.04. The first-order chi connectivity index (χ1) is 9.63. The molecule has 4 nitrogen and oxygen atoms in total. The third kappa shape index (κ3) is 6.33. The van der Waals surface area contributed by atoms with Crippen molar-refractivity contribution in [1.82, 2.24) is 10.6 Å². The molecule has 1 aromatic rings. The lowest BCUT2D eigenvalue weighted by atomic mass is 10.2. The number of carbonyl (C=O) groups excluding carboxylic acids is 2. The van der Waals surface area contributed by atoms with Crippen molar-refractivity contribution in [3.8, 4) is 0 Å². The van der Waals surface area contributed by atoms with Crippen LogP contribution in [-0.2, 0) is 4.79 Å². The predicted molar refractivity (Wildman–Crippen MR) is 83.4 cm³/mol. The molecule has 0 aliphatic rings. The Morgan fingerprint density at radius 3 is 2.65 bits per heavy atom. The van der Waals surface area contributed by atoms with Crippen LogP contribution in [0.25, 0.3) is 0 Å². The van der Waals surface area contributed by atoms with Crippen LogP contribution in [0, 0.1) is 0 Å². The molecule has 1 aromatic carbocycles. The Morgan fingerprint density at radius 2 is 1.95 bits per heavy atom. The maximum absolute atomic E-state index is 11.8. The Bertz CT molecular complexity index is 524. The van der Waals surface area contributed by atoms with Crippen molar-refractivity contribution in [3.05, 3.63) is 58.6 Å². The summed E-state index contributed by atoms with van der Waals surface area (Å²) in [6.07, 6.45) is 6.71. The van der Waals surface area contributed by atoms with Crippen LogP contribution in [0.1, 0.15) is 17.3 Å². The highest BCUT2D eigenvalue weighted by atomic mass is 79.9. The summed E-state index contributed by atoms with van der Waals surface area (Å²) in [4.78, 5) is 23.1. The molecule has 0 atom stereocenters. The highest BCUT2D eigenvalue weighted by molar-refractivity contribution is 9.10. The second-order valence-corrected chi connectivity index (χ2v) is 4.86. The zero-order valence-corrected chi connectivity index (χ0v) is 12.8. The highest BCUT2D eigenvalue weighted by Crippen LogP contribution is 2.11. The van der Waals surface area contributed by atoms with E-state index in [0.29, 0.717) is 18.7 Å². The summed E-state index contributed by atoms with van der Waals surface area (Å²) in [5.41, 5.74) is 0.582. The quantitative estimate of drug-likeness (QED) is 0.476. The van der Waals surface area contributed by atoms with Gasteiger partial charge in [0.25, 0.3) is 5.91 Å². The first kappa shape index (κ1) is 16.2. The number of amides is 2. The molecule has 0 fully saturated rings. The lowest BCUT2D eigenvalue weighted by molar-refractivity contribution is -0.116. The van der Waals surface area contributed by atoms with Gasteiger partial charge in [-0.05, 0) is 25.1 Å². The standard InChI is InChI=1S/C15H17BrN2O2/c1-2-3-4-8-14(19)17-9-10-18-15(20)12-6-5-7-13(16)11-12/h2-8,11H,9-10H2,1H3,(H,17,19)(H,18,20). The zero-order valence-electron chi connectivity index (χ0n) is 11.2. The number of halogens is 1. The van der Waals surface area contributed by atoms with Gasteiger partial charge in [0, 0.05) is 29.2 Å². The van der Waals surface area contributed by atoms with Gasteiger partial charge in [-0.3, -0.25) is 9.59 Å². The van der Waals surface area contributed by atoms with E-state index in [-0.39, 0.29) is 11.8 Å². The van der Waals surface area contributed by atoms with Crippen molar-refractivity contribution >= 4 is 27.7 Å². The lowest BCUT2D eigenvalue weighted by Gasteiger charge is -2.06. The molecule has 2 N–H and O–H groups in total. The number of nitrogens with one attached hydrogen (secondary N) is 2. The molecule has 1 rings (SSSR count). The molecule has 2 amide bonds. The van der Waals surface area contributed by atoms with Crippen LogP contribution < -0.4 is 10.6 Å². The zero-order chi connectivity index (χ0) is 14.8. The van der Waals surface area contributed by atoms with Crippen molar-refractivity contribution in [3.63, 3.8) is 0 Å². The molecule has 0 bridgehead atoms. The fourth-order valence-electron chi connectivity index (χ4n) is 1.41. The van der Waals surface area contributed by atoms with Crippen molar-refractivity contribution in [2.75, 3.05) is 13.1 Å². The summed E-state index contributed by atoms with van der Waals surface area (Å²) in [5, 5.41) is 5.41. The summed E-state index contributed by atoms with van der Waals surface area (Å²) in [6, 6.07) is 7.13. The van der Waals surface area contributed by atoms with E-state index in [0.717, 1.165) is 4.47 Å². The minimum absolute atomic E-state index is 0.162. The molecule has 5 heteroatoms. The number of benzene rings is 1. The van der Waals surface area contributed by atoms with Crippen LogP contribution in [0.5, 0.6) is 0 Å². The van der Waals surface area contributed by atoms with E-state index in [9.17, 15) is 9.59 Å². The molecule has 0 aromatic heterocycles. The predicted octanol–water partition coefficient (Wildman–Crippen LogP) is 2.43. The van der Waals surface area contributed by atoms with E-state index in [4.69, 9.17) is 0 Å². The fraction of sp³-hybridized carbons (Fsp3) is 0.200. The number of rotatable bonds is 6. The van der Waals surface area contributed by atoms with Gasteiger partial charge in [-0.1, -0.05) is 40.2 Å². The number of carbonyl (C=O) groups is 2. The minimum Gasteiger partial charge on any atom is -0.351 e. The molecular weight excluding hydrogens is 320 g/mol. The normalized spacial score (nSPS) is 10.9. The van der Waals surface area contributed by atoms with Crippen LogP contribution in [0.3, 0.4) is 0 Å². The molecule has 106 valence electrons. The monoisotopic (exact) mass is 336 g/mol. The van der Waals surface area contributed by atoms with Gasteiger partial charge in [0.05, 0.1) is 0 Å². The van der Waals surface area contributed by atoms with Gasteiger partial charge in [0.1, 0.15) is 0 Å². The second kappa shape index (κ2) is 9.09. The Hall–Kier alpha value is -1.88. The summed E-state index contributed by atoms with van der Waals surface area (Å²) < 4.78 is 0.854. The average molecular weight is 337 g/mol. The van der Waals surface area contributed by atoms with Crippen LogP contribution >= 0.6 is 15.9 Å². The summed E-state index contributed by atoms with van der Waals surface area (Å²) in [7, 11) is 0. The topological polar surface area (TPSA) is 58.2 Å². The smallest absolute Gasteiger partial charge is 0.251 e. The van der Waals surface area contributed by atoms with Crippen molar-refractivity contribution in [2.24, 2.45) is 0 Å². The van der Waals surface area contributed by atoms with Gasteiger partial charge in [-0.25, -0.2) is 0 Å².